The van der Waals surface area contributed by atoms with Crippen LogP contribution in [0.4, 0.5) is 13.2 Å². The molecule has 0 bridgehead atoms. The molecular weight excluding hydrogens is 407 g/mol. The molecule has 1 fully saturated rings. The average Bonchev–Trinajstić information content (AvgIpc) is 3.07. The lowest BCUT2D eigenvalue weighted by Gasteiger charge is -2.41. The zero-order chi connectivity index (χ0) is 21.4. The molecule has 0 saturated carbocycles. The number of rotatable bonds is 5. The maximum atomic E-state index is 12.8. The second-order valence-electron chi connectivity index (χ2n) is 7.80. The van der Waals surface area contributed by atoms with Gasteiger partial charge in [-0.25, -0.2) is 8.42 Å². The Morgan fingerprint density at radius 3 is 2.52 bits per heavy atom. The molecule has 1 aliphatic rings. The van der Waals surface area contributed by atoms with Crippen molar-refractivity contribution in [1.82, 2.24) is 15.1 Å². The van der Waals surface area contributed by atoms with Gasteiger partial charge in [0.1, 0.15) is 9.84 Å². The molecule has 2 aromatic rings. The summed E-state index contributed by atoms with van der Waals surface area (Å²) in [6.07, 6.45) is 0.703. The Labute approximate surface area is 167 Å². The number of halogens is 3. The second kappa shape index (κ2) is 7.73. The Balaban J connectivity index is 1.79. The number of piperidine rings is 1. The van der Waals surface area contributed by atoms with Crippen LogP contribution in [0.5, 0.6) is 0 Å². The molecule has 0 spiro atoms. The topological polar surface area (TPSA) is 84.2 Å². The fraction of sp³-hybridized carbons (Fsp3) is 0.526. The van der Waals surface area contributed by atoms with Gasteiger partial charge in [-0.2, -0.15) is 18.3 Å². The highest BCUT2D eigenvalue weighted by Gasteiger charge is 2.40. The van der Waals surface area contributed by atoms with Crippen molar-refractivity contribution in [1.29, 1.82) is 0 Å². The van der Waals surface area contributed by atoms with E-state index >= 15 is 0 Å². The number of hydrogen-bond acceptors (Lipinski definition) is 5. The standard InChI is InChI=1S/C19H24F3N3O3S/c1-13-9-18(26,15-3-5-16(6-4-15)19(20,21)22)10-17(24-13)14-11-23-25(12-14)7-8-29(2,27)28/h3-6,11-13,17,24,26H,7-10H2,1-2H3/t13-,17-,18?/m0/s1. The minimum atomic E-state index is -4.42. The average molecular weight is 431 g/mol. The number of benzene rings is 1. The fourth-order valence-electron chi connectivity index (χ4n) is 3.75. The third-order valence-corrected chi connectivity index (χ3v) is 6.09. The van der Waals surface area contributed by atoms with Crippen molar-refractivity contribution in [2.24, 2.45) is 0 Å². The first kappa shape index (κ1) is 21.8. The Morgan fingerprint density at radius 2 is 1.93 bits per heavy atom. The molecule has 2 heterocycles. The second-order valence-corrected chi connectivity index (χ2v) is 10.1. The van der Waals surface area contributed by atoms with E-state index < -0.39 is 27.2 Å². The molecule has 0 radical (unpaired) electrons. The molecule has 29 heavy (non-hydrogen) atoms. The summed E-state index contributed by atoms with van der Waals surface area (Å²) in [7, 11) is -3.11. The monoisotopic (exact) mass is 431 g/mol. The van der Waals surface area contributed by atoms with Gasteiger partial charge in [-0.3, -0.25) is 4.68 Å². The number of aryl methyl sites for hydroxylation is 1. The molecular formula is C19H24F3N3O3S. The van der Waals surface area contributed by atoms with E-state index in [4.69, 9.17) is 0 Å². The lowest BCUT2D eigenvalue weighted by molar-refractivity contribution is -0.137. The normalized spacial score (nSPS) is 25.9. The lowest BCUT2D eigenvalue weighted by Crippen LogP contribution is -2.46. The van der Waals surface area contributed by atoms with Crippen molar-refractivity contribution in [2.75, 3.05) is 12.0 Å². The van der Waals surface area contributed by atoms with Gasteiger partial charge in [-0.1, -0.05) is 12.1 Å². The highest BCUT2D eigenvalue weighted by molar-refractivity contribution is 7.90. The molecule has 10 heteroatoms. The van der Waals surface area contributed by atoms with Gasteiger partial charge in [-0.05, 0) is 37.5 Å². The van der Waals surface area contributed by atoms with Crippen LogP contribution < -0.4 is 5.32 Å². The minimum Gasteiger partial charge on any atom is -0.385 e. The van der Waals surface area contributed by atoms with Crippen molar-refractivity contribution in [3.63, 3.8) is 0 Å². The Bertz CT molecular complexity index is 957. The maximum Gasteiger partial charge on any atom is 0.416 e. The number of aromatic nitrogens is 2. The van der Waals surface area contributed by atoms with E-state index in [-0.39, 0.29) is 30.8 Å². The molecule has 1 unspecified atom stereocenters. The van der Waals surface area contributed by atoms with Gasteiger partial charge >= 0.3 is 6.18 Å². The predicted molar refractivity (Wildman–Crippen MR) is 102 cm³/mol. The lowest BCUT2D eigenvalue weighted by atomic mass is 9.77. The van der Waals surface area contributed by atoms with Crippen LogP contribution in [-0.4, -0.2) is 41.4 Å². The van der Waals surface area contributed by atoms with Crippen LogP contribution in [0.2, 0.25) is 0 Å². The maximum absolute atomic E-state index is 12.8. The van der Waals surface area contributed by atoms with Gasteiger partial charge in [0.2, 0.25) is 0 Å². The number of sulfone groups is 1. The first-order valence-electron chi connectivity index (χ1n) is 9.22. The summed E-state index contributed by atoms with van der Waals surface area (Å²) in [5.74, 6) is -0.0297. The smallest absolute Gasteiger partial charge is 0.385 e. The van der Waals surface area contributed by atoms with Crippen molar-refractivity contribution in [3.8, 4) is 0 Å². The minimum absolute atomic E-state index is 0.0297. The van der Waals surface area contributed by atoms with E-state index in [1.165, 1.54) is 16.8 Å². The quantitative estimate of drug-likeness (QED) is 0.761. The van der Waals surface area contributed by atoms with Crippen LogP contribution in [-0.2, 0) is 28.2 Å². The van der Waals surface area contributed by atoms with Gasteiger partial charge in [0.05, 0.1) is 29.7 Å². The molecule has 160 valence electrons. The summed E-state index contributed by atoms with van der Waals surface area (Å²) in [5, 5.41) is 18.8. The van der Waals surface area contributed by atoms with Crippen LogP contribution >= 0.6 is 0 Å². The van der Waals surface area contributed by atoms with Crippen LogP contribution in [0.1, 0.15) is 42.5 Å². The molecule has 0 aliphatic carbocycles. The molecule has 1 aromatic carbocycles. The molecule has 0 amide bonds. The van der Waals surface area contributed by atoms with E-state index in [2.05, 4.69) is 10.4 Å². The van der Waals surface area contributed by atoms with Crippen molar-refractivity contribution in [3.05, 3.63) is 53.3 Å². The van der Waals surface area contributed by atoms with Gasteiger partial charge in [0.25, 0.3) is 0 Å². The van der Waals surface area contributed by atoms with Gasteiger partial charge in [0, 0.05) is 30.1 Å². The molecule has 1 aromatic heterocycles. The van der Waals surface area contributed by atoms with E-state index in [9.17, 15) is 26.7 Å². The number of hydrogen-bond donors (Lipinski definition) is 2. The summed E-state index contributed by atoms with van der Waals surface area (Å²) >= 11 is 0. The Kier molecular flexibility index (Phi) is 5.81. The molecule has 6 nitrogen and oxygen atoms in total. The summed E-state index contributed by atoms with van der Waals surface area (Å²) in [4.78, 5) is 0. The zero-order valence-corrected chi connectivity index (χ0v) is 17.0. The van der Waals surface area contributed by atoms with Crippen molar-refractivity contribution < 1.29 is 26.7 Å². The fourth-order valence-corrected chi connectivity index (χ4v) is 4.27. The van der Waals surface area contributed by atoms with Gasteiger partial charge in [-0.15, -0.1) is 0 Å². The first-order chi connectivity index (χ1) is 13.4. The van der Waals surface area contributed by atoms with E-state index in [1.807, 2.05) is 6.92 Å². The van der Waals surface area contributed by atoms with Crippen molar-refractivity contribution in [2.45, 2.75) is 50.2 Å². The molecule has 3 rings (SSSR count). The van der Waals surface area contributed by atoms with Gasteiger partial charge < -0.3 is 10.4 Å². The summed E-state index contributed by atoms with van der Waals surface area (Å²) in [6.45, 7) is 2.12. The van der Waals surface area contributed by atoms with Crippen LogP contribution in [0, 0.1) is 0 Å². The number of alkyl halides is 3. The summed E-state index contributed by atoms with van der Waals surface area (Å²) in [6, 6.07) is 4.27. The molecule has 2 N–H and O–H groups in total. The van der Waals surface area contributed by atoms with Crippen LogP contribution in [0.15, 0.2) is 36.7 Å². The van der Waals surface area contributed by atoms with E-state index in [1.54, 1.807) is 12.4 Å². The van der Waals surface area contributed by atoms with E-state index in [0.717, 1.165) is 24.0 Å². The SMILES string of the molecule is C[C@H]1CC(O)(c2ccc(C(F)(F)F)cc2)C[C@@H](c2cnn(CCS(C)(=O)=O)c2)N1. The summed E-state index contributed by atoms with van der Waals surface area (Å²) < 4.78 is 62.7. The third kappa shape index (κ3) is 5.37. The predicted octanol–water partition coefficient (Wildman–Crippen LogP) is 2.65. The first-order valence-corrected chi connectivity index (χ1v) is 11.3. The largest absolute Gasteiger partial charge is 0.416 e. The number of nitrogens with one attached hydrogen (secondary N) is 1. The highest BCUT2D eigenvalue weighted by Crippen LogP contribution is 2.41. The molecule has 1 aliphatic heterocycles. The number of nitrogens with zero attached hydrogens (tertiary/aromatic N) is 2. The molecule has 1 saturated heterocycles. The number of aliphatic hydroxyl groups is 1. The van der Waals surface area contributed by atoms with Gasteiger partial charge in [0.15, 0.2) is 0 Å². The third-order valence-electron chi connectivity index (χ3n) is 5.17. The molecule has 3 atom stereocenters. The Morgan fingerprint density at radius 1 is 1.28 bits per heavy atom. The Hall–Kier alpha value is -1.91. The van der Waals surface area contributed by atoms with Crippen LogP contribution in [0.25, 0.3) is 0 Å². The van der Waals surface area contributed by atoms with E-state index in [0.29, 0.717) is 12.0 Å². The zero-order valence-electron chi connectivity index (χ0n) is 16.1. The highest BCUT2D eigenvalue weighted by atomic mass is 32.2. The van der Waals surface area contributed by atoms with Crippen LogP contribution in [0.3, 0.4) is 0 Å². The van der Waals surface area contributed by atoms with Crippen molar-refractivity contribution >= 4 is 9.84 Å². The summed E-state index contributed by atoms with van der Waals surface area (Å²) in [5.41, 5.74) is -0.812.